The summed E-state index contributed by atoms with van der Waals surface area (Å²) >= 11 is 0. The SMILES string of the molecule is CCC1(C)CC(O)C(C)C(C)(CC)N1OC(C)C(=O)NCCCN(C)C. The van der Waals surface area contributed by atoms with E-state index in [0.717, 1.165) is 25.8 Å². The van der Waals surface area contributed by atoms with Crippen LogP contribution in [-0.2, 0) is 9.63 Å². The van der Waals surface area contributed by atoms with Crippen LogP contribution in [0.5, 0.6) is 0 Å². The van der Waals surface area contributed by atoms with Gasteiger partial charge in [-0.1, -0.05) is 20.8 Å². The Balaban J connectivity index is 2.83. The molecule has 0 aromatic heterocycles. The van der Waals surface area contributed by atoms with Crippen molar-refractivity contribution < 1.29 is 14.7 Å². The van der Waals surface area contributed by atoms with E-state index in [4.69, 9.17) is 4.84 Å². The Morgan fingerprint density at radius 1 is 1.35 bits per heavy atom. The van der Waals surface area contributed by atoms with E-state index in [1.807, 2.05) is 26.1 Å². The van der Waals surface area contributed by atoms with Gasteiger partial charge in [-0.3, -0.25) is 9.63 Å². The summed E-state index contributed by atoms with van der Waals surface area (Å²) in [6.45, 7) is 14.0. The van der Waals surface area contributed by atoms with Crippen LogP contribution in [0.2, 0.25) is 0 Å². The Bertz CT molecular complexity index is 460. The van der Waals surface area contributed by atoms with Crippen molar-refractivity contribution in [3.05, 3.63) is 0 Å². The number of hydrogen-bond acceptors (Lipinski definition) is 5. The molecule has 1 fully saturated rings. The van der Waals surface area contributed by atoms with Crippen molar-refractivity contribution in [2.45, 2.75) is 90.5 Å². The molecule has 1 saturated heterocycles. The lowest BCUT2D eigenvalue weighted by Gasteiger charge is -2.58. The number of carbonyl (C=O) groups is 1. The first-order chi connectivity index (χ1) is 12.0. The smallest absolute Gasteiger partial charge is 0.250 e. The molecule has 1 heterocycles. The maximum atomic E-state index is 12.5. The monoisotopic (exact) mass is 371 g/mol. The summed E-state index contributed by atoms with van der Waals surface area (Å²) in [6, 6.07) is 0. The Hall–Kier alpha value is -0.690. The van der Waals surface area contributed by atoms with Gasteiger partial charge in [-0.25, -0.2) is 0 Å². The van der Waals surface area contributed by atoms with Crippen LogP contribution < -0.4 is 5.32 Å². The molecular weight excluding hydrogens is 330 g/mol. The molecule has 26 heavy (non-hydrogen) atoms. The molecule has 154 valence electrons. The second-order valence-corrected chi connectivity index (χ2v) is 8.61. The van der Waals surface area contributed by atoms with Gasteiger partial charge in [0.25, 0.3) is 5.91 Å². The Morgan fingerprint density at radius 3 is 2.46 bits per heavy atom. The van der Waals surface area contributed by atoms with Gasteiger partial charge in [0.15, 0.2) is 6.10 Å². The first-order valence-electron chi connectivity index (χ1n) is 10.1. The fraction of sp³-hybridized carbons (Fsp3) is 0.950. The van der Waals surface area contributed by atoms with Crippen LogP contribution in [-0.4, -0.2) is 71.4 Å². The van der Waals surface area contributed by atoms with E-state index in [9.17, 15) is 9.90 Å². The quantitative estimate of drug-likeness (QED) is 0.610. The number of hydroxylamine groups is 2. The molecule has 2 N–H and O–H groups in total. The molecular formula is C20H41N3O3. The van der Waals surface area contributed by atoms with Gasteiger partial charge in [-0.05, 0) is 67.1 Å². The zero-order valence-corrected chi connectivity index (χ0v) is 18.1. The normalized spacial score (nSPS) is 34.1. The van der Waals surface area contributed by atoms with E-state index < -0.39 is 6.10 Å². The Morgan fingerprint density at radius 2 is 1.96 bits per heavy atom. The van der Waals surface area contributed by atoms with Crippen LogP contribution in [0.15, 0.2) is 0 Å². The number of aliphatic hydroxyl groups excluding tert-OH is 1. The summed E-state index contributed by atoms with van der Waals surface area (Å²) in [5.74, 6) is -0.0121. The molecule has 1 aliphatic heterocycles. The summed E-state index contributed by atoms with van der Waals surface area (Å²) in [5, 5.41) is 15.6. The molecule has 0 aromatic rings. The molecule has 1 aliphatic rings. The van der Waals surface area contributed by atoms with Gasteiger partial charge in [0.05, 0.1) is 6.10 Å². The third-order valence-corrected chi connectivity index (χ3v) is 6.35. The first-order valence-corrected chi connectivity index (χ1v) is 10.1. The van der Waals surface area contributed by atoms with Crippen molar-refractivity contribution in [3.8, 4) is 0 Å². The first kappa shape index (κ1) is 23.3. The highest BCUT2D eigenvalue weighted by atomic mass is 16.7. The van der Waals surface area contributed by atoms with Crippen LogP contribution in [0.1, 0.15) is 67.2 Å². The van der Waals surface area contributed by atoms with Crippen LogP contribution in [0, 0.1) is 5.92 Å². The van der Waals surface area contributed by atoms with E-state index in [1.165, 1.54) is 0 Å². The van der Waals surface area contributed by atoms with Gasteiger partial charge in [-0.15, -0.1) is 0 Å². The van der Waals surface area contributed by atoms with Crippen LogP contribution in [0.3, 0.4) is 0 Å². The molecule has 0 bridgehead atoms. The van der Waals surface area contributed by atoms with Crippen molar-refractivity contribution in [1.29, 1.82) is 0 Å². The second-order valence-electron chi connectivity index (χ2n) is 8.61. The molecule has 6 heteroatoms. The van der Waals surface area contributed by atoms with Crippen molar-refractivity contribution in [3.63, 3.8) is 0 Å². The molecule has 0 saturated carbocycles. The lowest BCUT2D eigenvalue weighted by molar-refractivity contribution is -0.328. The zero-order chi connectivity index (χ0) is 20.1. The minimum Gasteiger partial charge on any atom is -0.393 e. The molecule has 1 rings (SSSR count). The Labute approximate surface area is 160 Å². The second kappa shape index (κ2) is 9.49. The van der Waals surface area contributed by atoms with Gasteiger partial charge in [0.2, 0.25) is 0 Å². The van der Waals surface area contributed by atoms with E-state index >= 15 is 0 Å². The molecule has 0 radical (unpaired) electrons. The van der Waals surface area contributed by atoms with Crippen molar-refractivity contribution in [1.82, 2.24) is 15.3 Å². The summed E-state index contributed by atoms with van der Waals surface area (Å²) in [4.78, 5) is 20.8. The summed E-state index contributed by atoms with van der Waals surface area (Å²) in [6.07, 6.45) is 2.34. The predicted molar refractivity (Wildman–Crippen MR) is 106 cm³/mol. The molecule has 1 amide bonds. The largest absolute Gasteiger partial charge is 0.393 e. The number of nitrogens with zero attached hydrogens (tertiary/aromatic N) is 2. The lowest BCUT2D eigenvalue weighted by atomic mass is 9.69. The van der Waals surface area contributed by atoms with E-state index in [-0.39, 0.29) is 29.0 Å². The van der Waals surface area contributed by atoms with Gasteiger partial charge >= 0.3 is 0 Å². The van der Waals surface area contributed by atoms with E-state index in [2.05, 4.69) is 44.8 Å². The van der Waals surface area contributed by atoms with Gasteiger partial charge in [0, 0.05) is 23.5 Å². The van der Waals surface area contributed by atoms with E-state index in [1.54, 1.807) is 0 Å². The average Bonchev–Trinajstić information content (AvgIpc) is 2.60. The third kappa shape index (κ3) is 5.18. The van der Waals surface area contributed by atoms with Gasteiger partial charge in [0.1, 0.15) is 0 Å². The topological polar surface area (TPSA) is 65.0 Å². The zero-order valence-electron chi connectivity index (χ0n) is 18.1. The van der Waals surface area contributed by atoms with E-state index in [0.29, 0.717) is 13.0 Å². The minimum absolute atomic E-state index is 0.0717. The van der Waals surface area contributed by atoms with Gasteiger partial charge < -0.3 is 15.3 Å². The van der Waals surface area contributed by atoms with Crippen LogP contribution >= 0.6 is 0 Å². The van der Waals surface area contributed by atoms with Crippen molar-refractivity contribution >= 4 is 5.91 Å². The number of carbonyl (C=O) groups excluding carboxylic acids is 1. The van der Waals surface area contributed by atoms with Gasteiger partial charge in [-0.2, -0.15) is 5.06 Å². The lowest BCUT2D eigenvalue weighted by Crippen LogP contribution is -2.68. The summed E-state index contributed by atoms with van der Waals surface area (Å²) < 4.78 is 0. The number of amides is 1. The minimum atomic E-state index is -0.562. The molecule has 6 nitrogen and oxygen atoms in total. The average molecular weight is 372 g/mol. The fourth-order valence-corrected chi connectivity index (χ4v) is 3.88. The van der Waals surface area contributed by atoms with Crippen LogP contribution in [0.4, 0.5) is 0 Å². The Kier molecular flexibility index (Phi) is 8.52. The third-order valence-electron chi connectivity index (χ3n) is 6.35. The van der Waals surface area contributed by atoms with Crippen molar-refractivity contribution in [2.24, 2.45) is 5.92 Å². The predicted octanol–water partition coefficient (Wildman–Crippen LogP) is 2.41. The molecule has 0 aromatic carbocycles. The number of hydrogen-bond donors (Lipinski definition) is 2. The number of rotatable bonds is 9. The van der Waals surface area contributed by atoms with Crippen LogP contribution in [0.25, 0.3) is 0 Å². The maximum absolute atomic E-state index is 12.5. The highest BCUT2D eigenvalue weighted by molar-refractivity contribution is 5.80. The number of piperidine rings is 1. The molecule has 0 aliphatic carbocycles. The molecule has 5 atom stereocenters. The summed E-state index contributed by atoms with van der Waals surface area (Å²) in [7, 11) is 4.05. The molecule has 0 spiro atoms. The summed E-state index contributed by atoms with van der Waals surface area (Å²) in [5.41, 5.74) is -0.613. The maximum Gasteiger partial charge on any atom is 0.250 e. The standard InChI is InChI=1S/C20H41N3O3/c1-9-19(5)14-17(24)15(3)20(6,10-2)23(19)26-16(4)18(25)21-12-11-13-22(7)8/h15-17,24H,9-14H2,1-8H3,(H,21,25). The number of aliphatic hydroxyl groups is 1. The van der Waals surface area contributed by atoms with Crippen molar-refractivity contribution in [2.75, 3.05) is 27.2 Å². The molecule has 5 unspecified atom stereocenters. The number of nitrogens with one attached hydrogen (secondary N) is 1. The highest BCUT2D eigenvalue weighted by Gasteiger charge is 2.54. The fourth-order valence-electron chi connectivity index (χ4n) is 3.88. The highest BCUT2D eigenvalue weighted by Crippen LogP contribution is 2.46.